The standard InChI is InChI=1S/C16H9BrN2O3S2/c17-11-4-2-5-12(9-11)18-15(20)14(24-16(18)23)8-10-3-1-6-13(7-10)19(21)22/h1-9H. The summed E-state index contributed by atoms with van der Waals surface area (Å²) in [6.07, 6.45) is 1.62. The molecule has 5 nitrogen and oxygen atoms in total. The highest BCUT2D eigenvalue weighted by Gasteiger charge is 2.33. The molecule has 2 aromatic rings. The Morgan fingerprint density at radius 2 is 1.96 bits per heavy atom. The summed E-state index contributed by atoms with van der Waals surface area (Å²) in [6, 6.07) is 13.4. The summed E-state index contributed by atoms with van der Waals surface area (Å²) in [6.45, 7) is 0. The highest BCUT2D eigenvalue weighted by Crippen LogP contribution is 2.36. The number of nitro groups is 1. The maximum Gasteiger partial charge on any atom is 0.270 e. The summed E-state index contributed by atoms with van der Waals surface area (Å²) in [7, 11) is 0. The van der Waals surface area contributed by atoms with Gasteiger partial charge in [-0.2, -0.15) is 0 Å². The van der Waals surface area contributed by atoms with Gasteiger partial charge in [-0.3, -0.25) is 19.8 Å². The van der Waals surface area contributed by atoms with Crippen molar-refractivity contribution in [2.24, 2.45) is 0 Å². The lowest BCUT2D eigenvalue weighted by atomic mass is 10.2. The summed E-state index contributed by atoms with van der Waals surface area (Å²) in [5.41, 5.74) is 1.24. The minimum atomic E-state index is -0.468. The number of non-ortho nitro benzene ring substituents is 1. The molecule has 0 saturated carbocycles. The zero-order valence-corrected chi connectivity index (χ0v) is 15.2. The van der Waals surface area contributed by atoms with Crippen molar-refractivity contribution in [3.05, 3.63) is 73.6 Å². The molecule has 8 heteroatoms. The molecule has 2 aromatic carbocycles. The van der Waals surface area contributed by atoms with Crippen molar-refractivity contribution in [3.63, 3.8) is 0 Å². The Bertz CT molecular complexity index is 898. The second-order valence-electron chi connectivity index (χ2n) is 4.85. The average molecular weight is 421 g/mol. The monoisotopic (exact) mass is 420 g/mol. The predicted octanol–water partition coefficient (Wildman–Crippen LogP) is 4.76. The van der Waals surface area contributed by atoms with Crippen molar-refractivity contribution in [2.45, 2.75) is 0 Å². The van der Waals surface area contributed by atoms with Gasteiger partial charge in [-0.05, 0) is 29.8 Å². The topological polar surface area (TPSA) is 63.4 Å². The fourth-order valence-corrected chi connectivity index (χ4v) is 3.87. The smallest absolute Gasteiger partial charge is 0.268 e. The lowest BCUT2D eigenvalue weighted by Crippen LogP contribution is -2.27. The molecule has 0 spiro atoms. The Labute approximate surface area is 155 Å². The number of hydrogen-bond donors (Lipinski definition) is 0. The number of thiocarbonyl (C=S) groups is 1. The maximum atomic E-state index is 12.7. The summed E-state index contributed by atoms with van der Waals surface area (Å²) in [5, 5.41) is 10.9. The molecule has 24 heavy (non-hydrogen) atoms. The SMILES string of the molecule is O=C1C(=Cc2cccc([N+](=O)[O-])c2)SC(=S)N1c1cccc(Br)c1. The van der Waals surface area contributed by atoms with E-state index in [4.69, 9.17) is 12.2 Å². The van der Waals surface area contributed by atoms with Crippen molar-refractivity contribution in [3.8, 4) is 0 Å². The number of rotatable bonds is 3. The van der Waals surface area contributed by atoms with Crippen LogP contribution in [0, 0.1) is 10.1 Å². The van der Waals surface area contributed by atoms with Crippen molar-refractivity contribution in [2.75, 3.05) is 4.90 Å². The third kappa shape index (κ3) is 3.40. The first-order chi connectivity index (χ1) is 11.5. The van der Waals surface area contributed by atoms with E-state index in [1.165, 1.54) is 28.8 Å². The van der Waals surface area contributed by atoms with Gasteiger partial charge in [-0.25, -0.2) is 0 Å². The average Bonchev–Trinajstić information content (AvgIpc) is 2.81. The van der Waals surface area contributed by atoms with Crippen LogP contribution in [0.1, 0.15) is 5.56 Å². The van der Waals surface area contributed by atoms with Crippen LogP contribution < -0.4 is 4.90 Å². The van der Waals surface area contributed by atoms with E-state index in [9.17, 15) is 14.9 Å². The number of carbonyl (C=O) groups excluding carboxylic acids is 1. The molecule has 1 amide bonds. The van der Waals surface area contributed by atoms with Crippen molar-refractivity contribution >= 4 is 67.6 Å². The number of halogens is 1. The molecule has 1 aliphatic rings. The van der Waals surface area contributed by atoms with E-state index in [0.717, 1.165) is 4.47 Å². The third-order valence-electron chi connectivity index (χ3n) is 3.24. The Morgan fingerprint density at radius 1 is 1.21 bits per heavy atom. The summed E-state index contributed by atoms with van der Waals surface area (Å²) >= 11 is 9.86. The van der Waals surface area contributed by atoms with Crippen LogP contribution in [0.3, 0.4) is 0 Å². The first-order valence-electron chi connectivity index (χ1n) is 6.74. The molecule has 1 aliphatic heterocycles. The number of benzene rings is 2. The number of hydrogen-bond acceptors (Lipinski definition) is 5. The molecule has 0 aliphatic carbocycles. The zero-order chi connectivity index (χ0) is 17.3. The van der Waals surface area contributed by atoms with Gasteiger partial charge in [0.1, 0.15) is 0 Å². The minimum absolute atomic E-state index is 0.0220. The van der Waals surface area contributed by atoms with Gasteiger partial charge >= 0.3 is 0 Å². The fourth-order valence-electron chi connectivity index (χ4n) is 2.19. The number of anilines is 1. The zero-order valence-electron chi connectivity index (χ0n) is 12.0. The number of thioether (sulfide) groups is 1. The van der Waals surface area contributed by atoms with Crippen LogP contribution in [0.2, 0.25) is 0 Å². The third-order valence-corrected chi connectivity index (χ3v) is 5.03. The van der Waals surface area contributed by atoms with Crippen LogP contribution in [-0.4, -0.2) is 15.2 Å². The molecule has 3 rings (SSSR count). The molecule has 1 fully saturated rings. The molecule has 0 atom stereocenters. The van der Waals surface area contributed by atoms with Gasteiger partial charge in [-0.15, -0.1) is 0 Å². The molecule has 120 valence electrons. The van der Waals surface area contributed by atoms with Gasteiger partial charge in [-0.1, -0.05) is 58.1 Å². The van der Waals surface area contributed by atoms with Gasteiger partial charge in [0.05, 0.1) is 15.5 Å². The van der Waals surface area contributed by atoms with E-state index in [-0.39, 0.29) is 11.6 Å². The normalized spacial score (nSPS) is 16.0. The second kappa shape index (κ2) is 6.84. The maximum absolute atomic E-state index is 12.7. The summed E-state index contributed by atoms with van der Waals surface area (Å²) < 4.78 is 1.27. The molecule has 1 heterocycles. The molecule has 0 aromatic heterocycles. The molecule has 0 bridgehead atoms. The van der Waals surface area contributed by atoms with E-state index in [1.807, 2.05) is 12.1 Å². The van der Waals surface area contributed by atoms with Gasteiger partial charge in [0, 0.05) is 16.6 Å². The van der Waals surface area contributed by atoms with Crippen LogP contribution in [0.5, 0.6) is 0 Å². The number of nitro benzene ring substituents is 1. The molecule has 0 unspecified atom stereocenters. The van der Waals surface area contributed by atoms with E-state index in [1.54, 1.807) is 30.3 Å². The fraction of sp³-hybridized carbons (Fsp3) is 0. The van der Waals surface area contributed by atoms with E-state index in [2.05, 4.69) is 15.9 Å². The summed E-state index contributed by atoms with van der Waals surface area (Å²) in [5.74, 6) is -0.241. The van der Waals surface area contributed by atoms with Crippen LogP contribution in [0.15, 0.2) is 57.9 Å². The van der Waals surface area contributed by atoms with Crippen molar-refractivity contribution in [1.82, 2.24) is 0 Å². The van der Waals surface area contributed by atoms with Crippen LogP contribution in [0.25, 0.3) is 6.08 Å². The minimum Gasteiger partial charge on any atom is -0.268 e. The predicted molar refractivity (Wildman–Crippen MR) is 103 cm³/mol. The first-order valence-corrected chi connectivity index (χ1v) is 8.75. The number of nitrogens with zero attached hydrogens (tertiary/aromatic N) is 2. The molecule has 0 radical (unpaired) electrons. The molecular weight excluding hydrogens is 412 g/mol. The van der Waals surface area contributed by atoms with E-state index < -0.39 is 4.92 Å². The highest BCUT2D eigenvalue weighted by molar-refractivity contribution is 9.10. The van der Waals surface area contributed by atoms with Crippen LogP contribution >= 0.6 is 39.9 Å². The van der Waals surface area contributed by atoms with Crippen LogP contribution in [-0.2, 0) is 4.79 Å². The first kappa shape index (κ1) is 16.8. The van der Waals surface area contributed by atoms with Crippen molar-refractivity contribution in [1.29, 1.82) is 0 Å². The second-order valence-corrected chi connectivity index (χ2v) is 7.44. The Morgan fingerprint density at radius 3 is 2.67 bits per heavy atom. The Balaban J connectivity index is 1.94. The van der Waals surface area contributed by atoms with Crippen LogP contribution in [0.4, 0.5) is 11.4 Å². The molecule has 0 N–H and O–H groups in total. The largest absolute Gasteiger partial charge is 0.270 e. The van der Waals surface area contributed by atoms with Gasteiger partial charge in [0.2, 0.25) is 0 Å². The lowest BCUT2D eigenvalue weighted by molar-refractivity contribution is -0.384. The Hall–Kier alpha value is -2.03. The van der Waals surface area contributed by atoms with Crippen molar-refractivity contribution < 1.29 is 9.72 Å². The highest BCUT2D eigenvalue weighted by atomic mass is 79.9. The molecular formula is C16H9BrN2O3S2. The van der Waals surface area contributed by atoms with Gasteiger partial charge in [0.15, 0.2) is 4.32 Å². The molecule has 1 saturated heterocycles. The number of amides is 1. The number of carbonyl (C=O) groups is 1. The summed E-state index contributed by atoms with van der Waals surface area (Å²) in [4.78, 5) is 24.9. The Kier molecular flexibility index (Phi) is 4.79. The van der Waals surface area contributed by atoms with Gasteiger partial charge in [0.25, 0.3) is 11.6 Å². The lowest BCUT2D eigenvalue weighted by Gasteiger charge is -2.14. The quantitative estimate of drug-likeness (QED) is 0.309. The van der Waals surface area contributed by atoms with Gasteiger partial charge < -0.3 is 0 Å². The van der Waals surface area contributed by atoms with E-state index >= 15 is 0 Å². The van der Waals surface area contributed by atoms with E-state index in [0.29, 0.717) is 20.5 Å².